The van der Waals surface area contributed by atoms with E-state index in [1.54, 1.807) is 0 Å². The number of hydrogen-bond donors (Lipinski definition) is 7. The second-order valence-corrected chi connectivity index (χ2v) is 15.2. The number of ether oxygens (including phenoxy) is 10. The number of carboxylic acid groups (broad SMARTS) is 3. The number of epoxide rings is 1. The molecule has 6 aliphatic rings. The largest absolute Gasteiger partial charge is 0.505 e. The number of ketones is 2. The van der Waals surface area contributed by atoms with E-state index in [1.165, 1.54) is 36.1 Å². The Bertz CT molecular complexity index is 2160. The van der Waals surface area contributed by atoms with E-state index in [0.717, 1.165) is 0 Å². The summed E-state index contributed by atoms with van der Waals surface area (Å²) < 4.78 is 51.2. The van der Waals surface area contributed by atoms with Crippen LogP contribution in [-0.4, -0.2) is 186 Å². The van der Waals surface area contributed by atoms with Crippen LogP contribution in [0.5, 0.6) is 0 Å². The third-order valence-electron chi connectivity index (χ3n) is 11.0. The summed E-state index contributed by atoms with van der Waals surface area (Å²) in [5.74, 6) is -8.62. The van der Waals surface area contributed by atoms with Crippen LogP contribution < -0.4 is 10.6 Å². The number of morpholine rings is 1. The SMILES string of the molecule is CC1=C(NCCOCOCC(OC(=O)CCC(OC(=O)c2ccc(NCC3COC4OC(O)OC(=O)C4O3)cc2)C(=O)O)C(=O)O)C(=O)C2=C(C1=O)N1CC3OC3C1(O)[C@@H]2COC(=O)O. The molecule has 0 bridgehead atoms. The average molecular weight is 922 g/mol. The molecule has 0 spiro atoms. The number of Topliss-reactive ketones (excluding diaryl/α,β-unsaturated/α-hetero) is 2. The van der Waals surface area contributed by atoms with E-state index in [9.17, 15) is 58.8 Å². The summed E-state index contributed by atoms with van der Waals surface area (Å²) >= 11 is 0. The molecule has 4 saturated heterocycles. The van der Waals surface area contributed by atoms with Gasteiger partial charge in [0.1, 0.15) is 25.6 Å². The number of benzene rings is 1. The van der Waals surface area contributed by atoms with Crippen LogP contribution in [0.25, 0.3) is 0 Å². The van der Waals surface area contributed by atoms with E-state index in [4.69, 9.17) is 47.7 Å². The molecule has 7 rings (SSSR count). The van der Waals surface area contributed by atoms with E-state index < -0.39 is 135 Å². The van der Waals surface area contributed by atoms with Crippen LogP contribution in [-0.2, 0) is 76.1 Å². The number of esters is 3. The lowest BCUT2D eigenvalue weighted by molar-refractivity contribution is -0.380. The molecular weight excluding hydrogens is 878 g/mol. The van der Waals surface area contributed by atoms with Gasteiger partial charge in [-0.2, -0.15) is 0 Å². The molecule has 5 heterocycles. The molecule has 4 fully saturated rings. The van der Waals surface area contributed by atoms with Gasteiger partial charge >= 0.3 is 42.5 Å². The third kappa shape index (κ3) is 10.0. The minimum Gasteiger partial charge on any atom is -0.479 e. The lowest BCUT2D eigenvalue weighted by Gasteiger charge is -2.38. The molecule has 9 unspecified atom stereocenters. The molecule has 0 aromatic heterocycles. The van der Waals surface area contributed by atoms with Crippen molar-refractivity contribution < 1.29 is 111 Å². The number of aliphatic carboxylic acids is 2. The third-order valence-corrected chi connectivity index (χ3v) is 11.0. The van der Waals surface area contributed by atoms with Crippen LogP contribution in [0.15, 0.2) is 46.8 Å². The van der Waals surface area contributed by atoms with E-state index in [-0.39, 0.29) is 67.1 Å². The van der Waals surface area contributed by atoms with Crippen molar-refractivity contribution in [2.24, 2.45) is 5.92 Å². The number of allylic oxidation sites excluding steroid dienone is 2. The number of rotatable bonds is 21. The lowest BCUT2D eigenvalue weighted by atomic mass is 9.82. The molecule has 0 amide bonds. The van der Waals surface area contributed by atoms with E-state index in [2.05, 4.69) is 15.4 Å². The summed E-state index contributed by atoms with van der Waals surface area (Å²) in [5, 5.41) is 55.0. The van der Waals surface area contributed by atoms with E-state index in [0.29, 0.717) is 5.69 Å². The molecule has 1 aliphatic carbocycles. The Morgan fingerprint density at radius 2 is 1.68 bits per heavy atom. The fourth-order valence-electron chi connectivity index (χ4n) is 7.82. The van der Waals surface area contributed by atoms with Gasteiger partial charge in [-0.15, -0.1) is 0 Å². The molecule has 65 heavy (non-hydrogen) atoms. The van der Waals surface area contributed by atoms with Gasteiger partial charge in [-0.1, -0.05) is 0 Å². The Balaban J connectivity index is 0.801. The summed E-state index contributed by atoms with van der Waals surface area (Å²) in [7, 11) is 0. The smallest absolute Gasteiger partial charge is 0.479 e. The van der Waals surface area contributed by atoms with Crippen LogP contribution in [0.4, 0.5) is 10.5 Å². The molecule has 0 saturated carbocycles. The van der Waals surface area contributed by atoms with Gasteiger partial charge in [-0.3, -0.25) is 19.1 Å². The fraction of sp³-hybridized carbons (Fsp3) is 0.538. The van der Waals surface area contributed by atoms with E-state index in [1.807, 2.05) is 0 Å². The van der Waals surface area contributed by atoms with Crippen molar-refractivity contribution in [1.29, 1.82) is 0 Å². The maximum atomic E-state index is 13.7. The highest BCUT2D eigenvalue weighted by atomic mass is 16.9. The summed E-state index contributed by atoms with van der Waals surface area (Å²) in [6, 6.07) is 5.64. The number of anilines is 1. The van der Waals surface area contributed by atoms with Crippen LogP contribution in [0, 0.1) is 5.92 Å². The molecular formula is C39H43N3O23. The molecule has 1 aromatic rings. The molecule has 10 atom stereocenters. The van der Waals surface area contributed by atoms with Crippen molar-refractivity contribution in [3.8, 4) is 0 Å². The molecule has 26 heteroatoms. The first kappa shape index (κ1) is 46.7. The second kappa shape index (κ2) is 19.5. The van der Waals surface area contributed by atoms with Gasteiger partial charge in [-0.05, 0) is 31.2 Å². The van der Waals surface area contributed by atoms with Gasteiger partial charge in [-0.25, -0.2) is 24.0 Å². The zero-order chi connectivity index (χ0) is 46.7. The maximum Gasteiger partial charge on any atom is 0.505 e. The molecule has 0 radical (unpaired) electrons. The summed E-state index contributed by atoms with van der Waals surface area (Å²) in [5.41, 5.74) is -1.60. The number of aliphatic hydroxyl groups is 2. The second-order valence-electron chi connectivity index (χ2n) is 15.2. The molecule has 352 valence electrons. The maximum absolute atomic E-state index is 13.7. The first-order valence-electron chi connectivity index (χ1n) is 19.9. The number of carbonyl (C=O) groups is 8. The minimum absolute atomic E-state index is 0.0178. The van der Waals surface area contributed by atoms with Crippen LogP contribution in [0.2, 0.25) is 0 Å². The first-order valence-corrected chi connectivity index (χ1v) is 19.9. The number of cyclic esters (lactones) is 1. The van der Waals surface area contributed by atoms with Crippen LogP contribution >= 0.6 is 0 Å². The van der Waals surface area contributed by atoms with Gasteiger partial charge in [0.2, 0.25) is 30.1 Å². The normalized spacial score (nSPS) is 28.5. The quantitative estimate of drug-likeness (QED) is 0.0172. The highest BCUT2D eigenvalue weighted by Gasteiger charge is 2.73. The summed E-state index contributed by atoms with van der Waals surface area (Å²) in [4.78, 5) is 101. The van der Waals surface area contributed by atoms with Gasteiger partial charge < -0.3 is 83.7 Å². The lowest BCUT2D eigenvalue weighted by Crippen LogP contribution is -2.56. The number of fused-ring (bicyclic) bond motifs is 5. The van der Waals surface area contributed by atoms with Crippen molar-refractivity contribution in [2.75, 3.05) is 58.2 Å². The Kier molecular flexibility index (Phi) is 14.0. The van der Waals surface area contributed by atoms with Gasteiger partial charge in [0.05, 0.1) is 48.8 Å². The zero-order valence-electron chi connectivity index (χ0n) is 34.1. The standard InChI is InChI=1S/C39H43N3O23/c1-16-26(29(45)25-20(13-59-37(52)53)39(55)31-22(62-31)11-42(39)27(25)28(16)44)40-8-9-56-15-57-14-23(33(48)49)61-24(43)7-6-21(32(46)47)63-34(50)17-2-4-18(5-3-17)41-10-19-12-58-36-30(60-19)35(51)64-38(54)65-36/h2-5,19-23,30-31,36,38,40-41,54-55H,6-15H2,1H3,(H,46,47)(H,48,49)(H,52,53)/t19?,20-,21?,22?,23?,30?,31?,36?,38?,39?/m1/s1. The van der Waals surface area contributed by atoms with Crippen molar-refractivity contribution in [1.82, 2.24) is 10.2 Å². The molecule has 1 aromatic carbocycles. The van der Waals surface area contributed by atoms with Gasteiger partial charge in [0.25, 0.3) is 0 Å². The Labute approximate surface area is 365 Å². The van der Waals surface area contributed by atoms with Gasteiger partial charge in [0, 0.05) is 49.3 Å². The zero-order valence-corrected chi connectivity index (χ0v) is 34.1. The highest BCUT2D eigenvalue weighted by Crippen LogP contribution is 2.56. The van der Waals surface area contributed by atoms with Gasteiger partial charge in [0.15, 0.2) is 11.8 Å². The van der Waals surface area contributed by atoms with Crippen molar-refractivity contribution >= 4 is 53.3 Å². The summed E-state index contributed by atoms with van der Waals surface area (Å²) in [6.45, 7) is -2.06. The average Bonchev–Trinajstić information content (AvgIpc) is 3.92. The minimum atomic E-state index is -1.85. The Hall–Kier alpha value is -6.26. The topological polar surface area (TPSA) is 361 Å². The number of carbonyl (C=O) groups excluding carboxylic acids is 5. The predicted octanol–water partition coefficient (Wildman–Crippen LogP) is -2.20. The molecule has 26 nitrogen and oxygen atoms in total. The van der Waals surface area contributed by atoms with Crippen LogP contribution in [0.1, 0.15) is 30.1 Å². The molecule has 7 N–H and O–H groups in total. The van der Waals surface area contributed by atoms with Crippen molar-refractivity contribution in [3.05, 3.63) is 52.4 Å². The molecule has 5 aliphatic heterocycles. The number of nitrogens with one attached hydrogen (secondary N) is 2. The summed E-state index contributed by atoms with van der Waals surface area (Å²) in [6.07, 6.45) is -10.6. The predicted molar refractivity (Wildman–Crippen MR) is 202 cm³/mol. The monoisotopic (exact) mass is 921 g/mol. The first-order chi connectivity index (χ1) is 31.0. The number of carboxylic acids is 2. The van der Waals surface area contributed by atoms with Crippen LogP contribution in [0.3, 0.4) is 0 Å². The van der Waals surface area contributed by atoms with Crippen molar-refractivity contribution in [3.63, 3.8) is 0 Å². The highest BCUT2D eigenvalue weighted by molar-refractivity contribution is 6.25. The number of hydrogen-bond acceptors (Lipinski definition) is 23. The Morgan fingerprint density at radius 1 is 0.938 bits per heavy atom. The Morgan fingerprint density at radius 3 is 2.38 bits per heavy atom. The van der Waals surface area contributed by atoms with E-state index >= 15 is 0 Å². The number of nitrogens with zero attached hydrogens (tertiary/aromatic N) is 1. The fourth-order valence-corrected chi connectivity index (χ4v) is 7.82. The van der Waals surface area contributed by atoms with Crippen molar-refractivity contribution in [2.45, 2.75) is 74.9 Å². The number of aliphatic hydroxyl groups excluding tert-OH is 1.